The van der Waals surface area contributed by atoms with Gasteiger partial charge in [0.25, 0.3) is 5.56 Å². The van der Waals surface area contributed by atoms with E-state index in [4.69, 9.17) is 21.1 Å². The van der Waals surface area contributed by atoms with Crippen molar-refractivity contribution in [3.8, 4) is 17.2 Å². The number of ether oxygens (including phenoxy) is 2. The number of carbonyl (C=O) groups excluding carboxylic acids is 1. The van der Waals surface area contributed by atoms with E-state index in [0.29, 0.717) is 27.2 Å². The topological polar surface area (TPSA) is 57.5 Å². The van der Waals surface area contributed by atoms with E-state index in [0.717, 1.165) is 5.56 Å². The molecule has 0 fully saturated rings. The van der Waals surface area contributed by atoms with Crippen molar-refractivity contribution in [3.05, 3.63) is 99.4 Å². The number of nitrogens with zero attached hydrogens (tertiary/aromatic N) is 1. The molecule has 3 aromatic carbocycles. The molecule has 1 aromatic heterocycles. The van der Waals surface area contributed by atoms with Gasteiger partial charge in [0.2, 0.25) is 0 Å². The molecule has 0 aliphatic rings. The molecule has 0 saturated carbocycles. The van der Waals surface area contributed by atoms with Crippen LogP contribution in [0.15, 0.2) is 77.7 Å². The summed E-state index contributed by atoms with van der Waals surface area (Å²) >= 11 is 5.99. The van der Waals surface area contributed by atoms with Crippen LogP contribution in [0, 0.1) is 6.92 Å². The number of fused-ring (bicyclic) bond motifs is 1. The first-order valence-electron chi connectivity index (χ1n) is 9.25. The number of carbonyl (C=O) groups is 1. The lowest BCUT2D eigenvalue weighted by molar-refractivity contribution is 0.0731. The minimum absolute atomic E-state index is 0.213. The number of pyridine rings is 1. The summed E-state index contributed by atoms with van der Waals surface area (Å²) in [6.07, 6.45) is 1.51. The minimum atomic E-state index is -0.604. The number of methoxy groups -OCH3 is 1. The van der Waals surface area contributed by atoms with Gasteiger partial charge in [-0.3, -0.25) is 9.36 Å². The van der Waals surface area contributed by atoms with Crippen LogP contribution in [0.25, 0.3) is 16.5 Å². The maximum atomic E-state index is 13.1. The SMILES string of the molecule is COc1cc(Cl)ccc1OC(=O)c1cn(-c2ccc(C)cc2)c(=O)c2ccccc12. The van der Waals surface area contributed by atoms with Crippen molar-refractivity contribution in [2.24, 2.45) is 0 Å². The highest BCUT2D eigenvalue weighted by molar-refractivity contribution is 6.30. The highest BCUT2D eigenvalue weighted by Crippen LogP contribution is 2.31. The Bertz CT molecular complexity index is 1310. The molecule has 0 aliphatic heterocycles. The van der Waals surface area contributed by atoms with E-state index < -0.39 is 5.97 Å². The lowest BCUT2D eigenvalue weighted by atomic mass is 10.1. The molecule has 1 heterocycles. The van der Waals surface area contributed by atoms with Crippen molar-refractivity contribution >= 4 is 28.3 Å². The zero-order valence-corrected chi connectivity index (χ0v) is 17.1. The summed E-state index contributed by atoms with van der Waals surface area (Å²) < 4.78 is 12.3. The lowest BCUT2D eigenvalue weighted by Crippen LogP contribution is -2.22. The molecule has 4 rings (SSSR count). The zero-order chi connectivity index (χ0) is 21.3. The van der Waals surface area contributed by atoms with Crippen LogP contribution in [0.1, 0.15) is 15.9 Å². The molecule has 0 unspecified atom stereocenters. The van der Waals surface area contributed by atoms with E-state index in [1.165, 1.54) is 17.9 Å². The van der Waals surface area contributed by atoms with Gasteiger partial charge in [-0.2, -0.15) is 0 Å². The number of hydrogen-bond donors (Lipinski definition) is 0. The monoisotopic (exact) mass is 419 g/mol. The Kier molecular flexibility index (Phi) is 5.29. The van der Waals surface area contributed by atoms with Crippen molar-refractivity contribution < 1.29 is 14.3 Å². The molecular formula is C24H18ClNO4. The van der Waals surface area contributed by atoms with Gasteiger partial charge in [-0.25, -0.2) is 4.79 Å². The average molecular weight is 420 g/mol. The highest BCUT2D eigenvalue weighted by Gasteiger charge is 2.19. The van der Waals surface area contributed by atoms with Gasteiger partial charge in [0.05, 0.1) is 12.7 Å². The van der Waals surface area contributed by atoms with Crippen LogP contribution >= 0.6 is 11.6 Å². The summed E-state index contributed by atoms with van der Waals surface area (Å²) in [5.41, 5.74) is 1.79. The average Bonchev–Trinajstić information content (AvgIpc) is 2.76. The van der Waals surface area contributed by atoms with Crippen LogP contribution in [0.3, 0.4) is 0 Å². The van der Waals surface area contributed by atoms with Gasteiger partial charge in [-0.05, 0) is 37.3 Å². The third kappa shape index (κ3) is 3.67. The molecule has 0 amide bonds. The molecular weight excluding hydrogens is 402 g/mol. The third-order valence-corrected chi connectivity index (χ3v) is 5.02. The summed E-state index contributed by atoms with van der Waals surface area (Å²) in [6, 6.07) is 19.2. The quantitative estimate of drug-likeness (QED) is 0.338. The Morgan fingerprint density at radius 1 is 0.933 bits per heavy atom. The molecule has 0 spiro atoms. The number of aryl methyl sites for hydroxylation is 1. The second-order valence-electron chi connectivity index (χ2n) is 6.78. The number of halogens is 1. The molecule has 6 heteroatoms. The van der Waals surface area contributed by atoms with Gasteiger partial charge in [-0.15, -0.1) is 0 Å². The molecule has 150 valence electrons. The Labute approximate surface area is 178 Å². The van der Waals surface area contributed by atoms with Gasteiger partial charge >= 0.3 is 5.97 Å². The van der Waals surface area contributed by atoms with Gasteiger partial charge in [0.1, 0.15) is 0 Å². The maximum absolute atomic E-state index is 13.1. The van der Waals surface area contributed by atoms with Crippen LogP contribution in [-0.4, -0.2) is 17.6 Å². The fourth-order valence-electron chi connectivity index (χ4n) is 3.23. The fourth-order valence-corrected chi connectivity index (χ4v) is 3.39. The van der Waals surface area contributed by atoms with E-state index in [9.17, 15) is 9.59 Å². The fraction of sp³-hybridized carbons (Fsp3) is 0.0833. The molecule has 5 nitrogen and oxygen atoms in total. The number of aromatic nitrogens is 1. The predicted molar refractivity (Wildman–Crippen MR) is 117 cm³/mol. The normalized spacial score (nSPS) is 10.8. The van der Waals surface area contributed by atoms with Gasteiger partial charge in [0, 0.05) is 33.7 Å². The first-order chi connectivity index (χ1) is 14.5. The van der Waals surface area contributed by atoms with Crippen molar-refractivity contribution in [2.75, 3.05) is 7.11 Å². The van der Waals surface area contributed by atoms with Gasteiger partial charge < -0.3 is 9.47 Å². The molecule has 30 heavy (non-hydrogen) atoms. The standard InChI is InChI=1S/C24H18ClNO4/c1-15-7-10-17(11-8-15)26-14-20(18-5-3-4-6-19(18)23(26)27)24(28)30-21-12-9-16(25)13-22(21)29-2/h3-14H,1-2H3. The molecule has 4 aromatic rings. The minimum Gasteiger partial charge on any atom is -0.493 e. The summed E-state index contributed by atoms with van der Waals surface area (Å²) in [5, 5.41) is 1.41. The molecule has 0 bridgehead atoms. The van der Waals surface area contributed by atoms with E-state index in [1.54, 1.807) is 42.5 Å². The largest absolute Gasteiger partial charge is 0.493 e. The Hall–Kier alpha value is -3.57. The van der Waals surface area contributed by atoms with E-state index in [2.05, 4.69) is 0 Å². The van der Waals surface area contributed by atoms with Crippen LogP contribution in [-0.2, 0) is 0 Å². The second-order valence-corrected chi connectivity index (χ2v) is 7.22. The van der Waals surface area contributed by atoms with Gasteiger partial charge in [-0.1, -0.05) is 47.5 Å². The number of benzene rings is 3. The van der Waals surface area contributed by atoms with E-state index >= 15 is 0 Å². The summed E-state index contributed by atoms with van der Waals surface area (Å²) in [7, 11) is 1.47. The number of hydrogen-bond acceptors (Lipinski definition) is 4. The van der Waals surface area contributed by atoms with Crippen LogP contribution in [0.4, 0.5) is 0 Å². The first kappa shape index (κ1) is 19.7. The van der Waals surface area contributed by atoms with Crippen molar-refractivity contribution in [1.82, 2.24) is 4.57 Å². The number of esters is 1. The molecule has 0 N–H and O–H groups in total. The predicted octanol–water partition coefficient (Wildman–Crippen LogP) is 5.18. The Morgan fingerprint density at radius 2 is 1.63 bits per heavy atom. The Balaban J connectivity index is 1.86. The van der Waals surface area contributed by atoms with E-state index in [-0.39, 0.29) is 16.9 Å². The summed E-state index contributed by atoms with van der Waals surface area (Å²) in [5.74, 6) is -0.0243. The van der Waals surface area contributed by atoms with Gasteiger partial charge in [0.15, 0.2) is 11.5 Å². The molecule has 0 aliphatic carbocycles. The smallest absolute Gasteiger partial charge is 0.345 e. The van der Waals surface area contributed by atoms with Crippen molar-refractivity contribution in [1.29, 1.82) is 0 Å². The third-order valence-electron chi connectivity index (χ3n) is 4.79. The Morgan fingerprint density at radius 3 is 2.33 bits per heavy atom. The second kappa shape index (κ2) is 8.05. The summed E-state index contributed by atoms with van der Waals surface area (Å²) in [6.45, 7) is 1.97. The van der Waals surface area contributed by atoms with Crippen molar-refractivity contribution in [2.45, 2.75) is 6.92 Å². The highest BCUT2D eigenvalue weighted by atomic mass is 35.5. The van der Waals surface area contributed by atoms with Crippen LogP contribution in [0.2, 0.25) is 5.02 Å². The lowest BCUT2D eigenvalue weighted by Gasteiger charge is -2.13. The zero-order valence-electron chi connectivity index (χ0n) is 16.4. The van der Waals surface area contributed by atoms with E-state index in [1.807, 2.05) is 31.2 Å². The summed E-state index contributed by atoms with van der Waals surface area (Å²) in [4.78, 5) is 26.2. The van der Waals surface area contributed by atoms with Crippen LogP contribution in [0.5, 0.6) is 11.5 Å². The van der Waals surface area contributed by atoms with Crippen LogP contribution < -0.4 is 15.0 Å². The molecule has 0 radical (unpaired) electrons. The molecule has 0 atom stereocenters. The number of rotatable bonds is 4. The maximum Gasteiger partial charge on any atom is 0.345 e. The van der Waals surface area contributed by atoms with Crippen molar-refractivity contribution in [3.63, 3.8) is 0 Å². The molecule has 0 saturated heterocycles. The first-order valence-corrected chi connectivity index (χ1v) is 9.63.